The first-order valence-corrected chi connectivity index (χ1v) is 9.10. The SMILES string of the molecule is COc1cccc(Cn2nc(C)c(NC(=O)c3ccc(Cl)c([N+](=O)[O-])c3)c2C)c1. The van der Waals surface area contributed by atoms with Gasteiger partial charge >= 0.3 is 0 Å². The molecule has 150 valence electrons. The highest BCUT2D eigenvalue weighted by molar-refractivity contribution is 6.32. The van der Waals surface area contributed by atoms with Crippen molar-refractivity contribution in [3.63, 3.8) is 0 Å². The number of methoxy groups -OCH3 is 1. The first-order chi connectivity index (χ1) is 13.8. The average Bonchev–Trinajstić information content (AvgIpc) is 2.95. The number of hydrogen-bond acceptors (Lipinski definition) is 5. The summed E-state index contributed by atoms with van der Waals surface area (Å²) in [6.07, 6.45) is 0. The van der Waals surface area contributed by atoms with Crippen molar-refractivity contribution in [2.45, 2.75) is 20.4 Å². The quantitative estimate of drug-likeness (QED) is 0.477. The molecular formula is C20H19ClN4O4. The van der Waals surface area contributed by atoms with E-state index in [2.05, 4.69) is 10.4 Å². The van der Waals surface area contributed by atoms with E-state index in [1.165, 1.54) is 12.1 Å². The Morgan fingerprint density at radius 1 is 1.28 bits per heavy atom. The summed E-state index contributed by atoms with van der Waals surface area (Å²) in [4.78, 5) is 23.1. The molecule has 2 aromatic carbocycles. The zero-order valence-corrected chi connectivity index (χ0v) is 16.9. The molecule has 0 bridgehead atoms. The Kier molecular flexibility index (Phi) is 5.84. The Bertz CT molecular complexity index is 1090. The van der Waals surface area contributed by atoms with Crippen molar-refractivity contribution in [3.8, 4) is 5.75 Å². The van der Waals surface area contributed by atoms with E-state index in [-0.39, 0.29) is 16.3 Å². The first-order valence-electron chi connectivity index (χ1n) is 8.72. The number of amides is 1. The maximum Gasteiger partial charge on any atom is 0.288 e. The third-order valence-corrected chi connectivity index (χ3v) is 4.81. The Labute approximate surface area is 172 Å². The van der Waals surface area contributed by atoms with Crippen molar-refractivity contribution < 1.29 is 14.5 Å². The van der Waals surface area contributed by atoms with Crippen molar-refractivity contribution >= 4 is 28.9 Å². The van der Waals surface area contributed by atoms with Gasteiger partial charge in [0.25, 0.3) is 11.6 Å². The van der Waals surface area contributed by atoms with Crippen molar-refractivity contribution in [1.29, 1.82) is 0 Å². The van der Waals surface area contributed by atoms with Crippen LogP contribution in [0.4, 0.5) is 11.4 Å². The van der Waals surface area contributed by atoms with E-state index in [0.717, 1.165) is 23.1 Å². The van der Waals surface area contributed by atoms with Gasteiger partial charge in [0.1, 0.15) is 10.8 Å². The minimum absolute atomic E-state index is 0.0231. The standard InChI is InChI=1S/C20H19ClN4O4/c1-12-19(22-20(26)15-7-8-17(21)18(10-15)25(27)28)13(2)24(23-12)11-14-5-4-6-16(9-14)29-3/h4-10H,11H2,1-3H3,(H,22,26). The highest BCUT2D eigenvalue weighted by Crippen LogP contribution is 2.27. The molecule has 1 amide bonds. The van der Waals surface area contributed by atoms with Crippen molar-refractivity contribution in [1.82, 2.24) is 9.78 Å². The molecule has 3 rings (SSSR count). The van der Waals surface area contributed by atoms with Crippen LogP contribution in [0.2, 0.25) is 5.02 Å². The molecule has 0 fully saturated rings. The lowest BCUT2D eigenvalue weighted by Gasteiger charge is -2.08. The summed E-state index contributed by atoms with van der Waals surface area (Å²) >= 11 is 5.81. The van der Waals surface area contributed by atoms with Crippen molar-refractivity contribution in [2.24, 2.45) is 0 Å². The van der Waals surface area contributed by atoms with Gasteiger partial charge in [-0.2, -0.15) is 5.10 Å². The third kappa shape index (κ3) is 4.38. The summed E-state index contributed by atoms with van der Waals surface area (Å²) in [5, 5.41) is 18.3. The fraction of sp³-hybridized carbons (Fsp3) is 0.200. The summed E-state index contributed by atoms with van der Waals surface area (Å²) in [6, 6.07) is 11.6. The van der Waals surface area contributed by atoms with Gasteiger partial charge < -0.3 is 10.1 Å². The number of benzene rings is 2. The Balaban J connectivity index is 1.84. The summed E-state index contributed by atoms with van der Waals surface area (Å²) in [6.45, 7) is 4.14. The minimum Gasteiger partial charge on any atom is -0.497 e. The molecule has 29 heavy (non-hydrogen) atoms. The first kappa shape index (κ1) is 20.3. The number of aromatic nitrogens is 2. The Hall–Kier alpha value is -3.39. The molecule has 0 atom stereocenters. The van der Waals surface area contributed by atoms with Crippen LogP contribution in [0.15, 0.2) is 42.5 Å². The number of carbonyl (C=O) groups excluding carboxylic acids is 1. The number of ether oxygens (including phenoxy) is 1. The Morgan fingerprint density at radius 2 is 2.03 bits per heavy atom. The van der Waals surface area contributed by atoms with E-state index in [1.54, 1.807) is 18.7 Å². The number of halogens is 1. The Morgan fingerprint density at radius 3 is 2.72 bits per heavy atom. The second-order valence-electron chi connectivity index (χ2n) is 6.43. The minimum atomic E-state index is -0.623. The van der Waals surface area contributed by atoms with Gasteiger partial charge in [0.15, 0.2) is 0 Å². The number of nitro benzene ring substituents is 1. The van der Waals surface area contributed by atoms with Crippen LogP contribution in [0.1, 0.15) is 27.3 Å². The zero-order chi connectivity index (χ0) is 21.1. The number of anilines is 1. The molecule has 0 aliphatic rings. The van der Waals surface area contributed by atoms with E-state index in [9.17, 15) is 14.9 Å². The molecule has 1 heterocycles. The zero-order valence-electron chi connectivity index (χ0n) is 16.1. The number of hydrogen-bond donors (Lipinski definition) is 1. The highest BCUT2D eigenvalue weighted by atomic mass is 35.5. The molecule has 8 nitrogen and oxygen atoms in total. The van der Waals surface area contributed by atoms with Crippen LogP contribution in [-0.4, -0.2) is 27.7 Å². The van der Waals surface area contributed by atoms with Crippen LogP contribution in [-0.2, 0) is 6.54 Å². The molecule has 1 aromatic heterocycles. The predicted molar refractivity (Wildman–Crippen MR) is 110 cm³/mol. The summed E-state index contributed by atoms with van der Waals surface area (Å²) in [7, 11) is 1.61. The van der Waals surface area contributed by atoms with Crippen molar-refractivity contribution in [3.05, 3.63) is 80.1 Å². The van der Waals surface area contributed by atoms with Crippen LogP contribution < -0.4 is 10.1 Å². The van der Waals surface area contributed by atoms with Gasteiger partial charge in [-0.1, -0.05) is 23.7 Å². The van der Waals surface area contributed by atoms with E-state index in [1.807, 2.05) is 31.2 Å². The molecule has 0 spiro atoms. The molecule has 1 N–H and O–H groups in total. The molecule has 0 saturated carbocycles. The predicted octanol–water partition coefficient (Wildman–Crippen LogP) is 4.37. The van der Waals surface area contributed by atoms with Gasteiger partial charge in [0.2, 0.25) is 0 Å². The fourth-order valence-corrected chi connectivity index (χ4v) is 3.14. The van der Waals surface area contributed by atoms with Gasteiger partial charge in [-0.15, -0.1) is 0 Å². The lowest BCUT2D eigenvalue weighted by Crippen LogP contribution is -2.13. The summed E-state index contributed by atoms with van der Waals surface area (Å²) in [5.41, 5.74) is 2.79. The van der Waals surface area contributed by atoms with Crippen LogP contribution in [0.25, 0.3) is 0 Å². The van der Waals surface area contributed by atoms with Gasteiger partial charge in [0.05, 0.1) is 35.7 Å². The topological polar surface area (TPSA) is 99.3 Å². The second kappa shape index (κ2) is 8.32. The molecule has 0 radical (unpaired) electrons. The lowest BCUT2D eigenvalue weighted by atomic mass is 10.1. The molecular weight excluding hydrogens is 396 g/mol. The number of carbonyl (C=O) groups is 1. The molecule has 9 heteroatoms. The maximum absolute atomic E-state index is 12.6. The van der Waals surface area contributed by atoms with Crippen molar-refractivity contribution in [2.75, 3.05) is 12.4 Å². The van der Waals surface area contributed by atoms with Crippen LogP contribution in [0.5, 0.6) is 5.75 Å². The van der Waals surface area contributed by atoms with Gasteiger partial charge in [-0.25, -0.2) is 0 Å². The average molecular weight is 415 g/mol. The van der Waals surface area contributed by atoms with Gasteiger partial charge in [-0.05, 0) is 43.7 Å². The maximum atomic E-state index is 12.6. The van der Waals surface area contributed by atoms with E-state index in [4.69, 9.17) is 16.3 Å². The third-order valence-electron chi connectivity index (χ3n) is 4.49. The summed E-state index contributed by atoms with van der Waals surface area (Å²) < 4.78 is 7.03. The molecule has 0 saturated heterocycles. The monoisotopic (exact) mass is 414 g/mol. The highest BCUT2D eigenvalue weighted by Gasteiger charge is 2.19. The largest absolute Gasteiger partial charge is 0.497 e. The normalized spacial score (nSPS) is 10.6. The molecule has 0 aliphatic carbocycles. The lowest BCUT2D eigenvalue weighted by molar-refractivity contribution is -0.384. The number of rotatable bonds is 6. The van der Waals surface area contributed by atoms with E-state index >= 15 is 0 Å². The number of nitrogens with zero attached hydrogens (tertiary/aromatic N) is 3. The molecule has 0 unspecified atom stereocenters. The smallest absolute Gasteiger partial charge is 0.288 e. The number of nitrogens with one attached hydrogen (secondary N) is 1. The molecule has 0 aliphatic heterocycles. The fourth-order valence-electron chi connectivity index (χ4n) is 2.96. The van der Waals surface area contributed by atoms with Crippen LogP contribution >= 0.6 is 11.6 Å². The second-order valence-corrected chi connectivity index (χ2v) is 6.84. The van der Waals surface area contributed by atoms with Gasteiger partial charge in [-0.3, -0.25) is 19.6 Å². The van der Waals surface area contributed by atoms with Gasteiger partial charge in [0, 0.05) is 11.6 Å². The number of aryl methyl sites for hydroxylation is 1. The van der Waals surface area contributed by atoms with E-state index in [0.29, 0.717) is 17.9 Å². The van der Waals surface area contributed by atoms with E-state index < -0.39 is 10.8 Å². The summed E-state index contributed by atoms with van der Waals surface area (Å²) in [5.74, 6) is 0.277. The molecule has 3 aromatic rings. The van der Waals surface area contributed by atoms with Crippen LogP contribution in [0, 0.1) is 24.0 Å². The number of nitro groups is 1. The van der Waals surface area contributed by atoms with Crippen LogP contribution in [0.3, 0.4) is 0 Å².